The molecule has 0 bridgehead atoms. The van der Waals surface area contributed by atoms with Crippen molar-refractivity contribution < 1.29 is 9.53 Å². The van der Waals surface area contributed by atoms with Crippen molar-refractivity contribution >= 4 is 5.97 Å². The van der Waals surface area contributed by atoms with Crippen LogP contribution < -0.4 is 11.1 Å². The van der Waals surface area contributed by atoms with Gasteiger partial charge in [0.15, 0.2) is 0 Å². The molecule has 74 valence electrons. The SMILES string of the molecule is NCC1OC(=O)CC12CCNCC2. The Kier molecular flexibility index (Phi) is 2.26. The van der Waals surface area contributed by atoms with Crippen LogP contribution in [0.15, 0.2) is 0 Å². The van der Waals surface area contributed by atoms with E-state index in [1.165, 1.54) is 0 Å². The largest absolute Gasteiger partial charge is 0.460 e. The van der Waals surface area contributed by atoms with Gasteiger partial charge >= 0.3 is 5.97 Å². The number of hydrogen-bond acceptors (Lipinski definition) is 4. The quantitative estimate of drug-likeness (QED) is 0.546. The fraction of sp³-hybridized carbons (Fsp3) is 0.889. The topological polar surface area (TPSA) is 64.3 Å². The zero-order valence-corrected chi connectivity index (χ0v) is 7.71. The highest BCUT2D eigenvalue weighted by Crippen LogP contribution is 2.42. The van der Waals surface area contributed by atoms with E-state index >= 15 is 0 Å². The highest BCUT2D eigenvalue weighted by atomic mass is 16.6. The molecule has 2 saturated heterocycles. The van der Waals surface area contributed by atoms with Crippen molar-refractivity contribution in [2.75, 3.05) is 19.6 Å². The minimum absolute atomic E-state index is 0.0397. The maximum absolute atomic E-state index is 11.2. The van der Waals surface area contributed by atoms with Crippen LogP contribution in [0.1, 0.15) is 19.3 Å². The molecule has 1 atom stereocenters. The third kappa shape index (κ3) is 1.44. The van der Waals surface area contributed by atoms with E-state index in [1.54, 1.807) is 0 Å². The van der Waals surface area contributed by atoms with Crippen LogP contribution in [0.3, 0.4) is 0 Å². The van der Waals surface area contributed by atoms with Gasteiger partial charge < -0.3 is 15.8 Å². The Hall–Kier alpha value is -0.610. The Labute approximate surface area is 77.8 Å². The van der Waals surface area contributed by atoms with E-state index in [0.717, 1.165) is 25.9 Å². The van der Waals surface area contributed by atoms with Gasteiger partial charge in [0.05, 0.1) is 6.42 Å². The maximum atomic E-state index is 11.2. The van der Waals surface area contributed by atoms with Gasteiger partial charge in [-0.1, -0.05) is 0 Å². The molecule has 4 nitrogen and oxygen atoms in total. The minimum Gasteiger partial charge on any atom is -0.460 e. The summed E-state index contributed by atoms with van der Waals surface area (Å²) in [5.74, 6) is -0.0719. The number of piperidine rings is 1. The first-order valence-electron chi connectivity index (χ1n) is 4.87. The average molecular weight is 184 g/mol. The van der Waals surface area contributed by atoms with E-state index in [-0.39, 0.29) is 17.5 Å². The number of nitrogens with two attached hydrogens (primary N) is 1. The molecule has 2 aliphatic rings. The summed E-state index contributed by atoms with van der Waals surface area (Å²) >= 11 is 0. The molecule has 2 fully saturated rings. The molecule has 2 aliphatic heterocycles. The summed E-state index contributed by atoms with van der Waals surface area (Å²) in [6, 6.07) is 0. The molecular weight excluding hydrogens is 168 g/mol. The number of cyclic esters (lactones) is 1. The summed E-state index contributed by atoms with van der Waals surface area (Å²) in [6.07, 6.45) is 2.56. The van der Waals surface area contributed by atoms with E-state index in [0.29, 0.717) is 13.0 Å². The first-order valence-corrected chi connectivity index (χ1v) is 4.87. The number of rotatable bonds is 1. The van der Waals surface area contributed by atoms with Crippen LogP contribution in [-0.4, -0.2) is 31.7 Å². The number of ether oxygens (including phenoxy) is 1. The number of carbonyl (C=O) groups excluding carboxylic acids is 1. The molecule has 1 spiro atoms. The first kappa shape index (κ1) is 8.97. The van der Waals surface area contributed by atoms with Crippen molar-refractivity contribution in [3.8, 4) is 0 Å². The molecule has 0 aromatic carbocycles. The minimum atomic E-state index is -0.0719. The summed E-state index contributed by atoms with van der Waals surface area (Å²) < 4.78 is 5.21. The molecule has 1 unspecified atom stereocenters. The van der Waals surface area contributed by atoms with Gasteiger partial charge in [0, 0.05) is 12.0 Å². The van der Waals surface area contributed by atoms with Gasteiger partial charge in [0.1, 0.15) is 6.10 Å². The summed E-state index contributed by atoms with van der Waals surface area (Å²) in [7, 11) is 0. The Bertz CT molecular complexity index is 212. The lowest BCUT2D eigenvalue weighted by Gasteiger charge is -2.35. The van der Waals surface area contributed by atoms with Crippen molar-refractivity contribution in [1.82, 2.24) is 5.32 Å². The number of carbonyl (C=O) groups is 1. The molecule has 3 N–H and O–H groups in total. The molecule has 2 heterocycles. The summed E-state index contributed by atoms with van der Waals surface area (Å²) in [5.41, 5.74) is 5.66. The predicted octanol–water partition coefficient (Wildman–Crippen LogP) is -0.370. The van der Waals surface area contributed by atoms with Crippen LogP contribution in [0.5, 0.6) is 0 Å². The Morgan fingerprint density at radius 3 is 2.85 bits per heavy atom. The monoisotopic (exact) mass is 184 g/mol. The third-order valence-corrected chi connectivity index (χ3v) is 3.27. The molecule has 2 rings (SSSR count). The number of esters is 1. The van der Waals surface area contributed by atoms with E-state index in [4.69, 9.17) is 10.5 Å². The van der Waals surface area contributed by atoms with Gasteiger partial charge in [-0.25, -0.2) is 0 Å². The Morgan fingerprint density at radius 2 is 2.23 bits per heavy atom. The highest BCUT2D eigenvalue weighted by Gasteiger charge is 2.48. The summed E-state index contributed by atoms with van der Waals surface area (Å²) in [5, 5.41) is 3.29. The van der Waals surface area contributed by atoms with Crippen LogP contribution >= 0.6 is 0 Å². The van der Waals surface area contributed by atoms with Crippen LogP contribution in [0.25, 0.3) is 0 Å². The molecule has 0 aromatic heterocycles. The molecule has 0 saturated carbocycles. The first-order chi connectivity index (χ1) is 6.27. The fourth-order valence-electron chi connectivity index (χ4n) is 2.45. The third-order valence-electron chi connectivity index (χ3n) is 3.27. The normalized spacial score (nSPS) is 32.1. The van der Waals surface area contributed by atoms with E-state index in [1.807, 2.05) is 0 Å². The second-order valence-electron chi connectivity index (χ2n) is 4.00. The summed E-state index contributed by atoms with van der Waals surface area (Å²) in [4.78, 5) is 11.2. The molecule has 0 aliphatic carbocycles. The van der Waals surface area contributed by atoms with Crippen molar-refractivity contribution in [3.63, 3.8) is 0 Å². The molecule has 0 radical (unpaired) electrons. The lowest BCUT2D eigenvalue weighted by atomic mass is 9.73. The lowest BCUT2D eigenvalue weighted by Crippen LogP contribution is -2.44. The molecule has 0 amide bonds. The molecular formula is C9H16N2O2. The van der Waals surface area contributed by atoms with Crippen LogP contribution in [-0.2, 0) is 9.53 Å². The standard InChI is InChI=1S/C9H16N2O2/c10-6-7-9(5-8(12)13-7)1-3-11-4-2-9/h7,11H,1-6,10H2. The van der Waals surface area contributed by atoms with E-state index in [9.17, 15) is 4.79 Å². The zero-order valence-electron chi connectivity index (χ0n) is 7.71. The van der Waals surface area contributed by atoms with Crippen LogP contribution in [0, 0.1) is 5.41 Å². The average Bonchev–Trinajstić information content (AvgIpc) is 2.43. The van der Waals surface area contributed by atoms with Crippen molar-refractivity contribution in [2.45, 2.75) is 25.4 Å². The van der Waals surface area contributed by atoms with Crippen molar-refractivity contribution in [3.05, 3.63) is 0 Å². The predicted molar refractivity (Wildman–Crippen MR) is 48.1 cm³/mol. The maximum Gasteiger partial charge on any atom is 0.306 e. The zero-order chi connectivity index (χ0) is 9.31. The number of nitrogens with one attached hydrogen (secondary N) is 1. The van der Waals surface area contributed by atoms with Crippen molar-refractivity contribution in [1.29, 1.82) is 0 Å². The van der Waals surface area contributed by atoms with Gasteiger partial charge in [-0.05, 0) is 25.9 Å². The van der Waals surface area contributed by atoms with Crippen LogP contribution in [0.2, 0.25) is 0 Å². The lowest BCUT2D eigenvalue weighted by molar-refractivity contribution is -0.141. The summed E-state index contributed by atoms with van der Waals surface area (Å²) in [6.45, 7) is 2.42. The smallest absolute Gasteiger partial charge is 0.306 e. The fourth-order valence-corrected chi connectivity index (χ4v) is 2.45. The van der Waals surface area contributed by atoms with Crippen LogP contribution in [0.4, 0.5) is 0 Å². The van der Waals surface area contributed by atoms with E-state index < -0.39 is 0 Å². The Morgan fingerprint density at radius 1 is 1.54 bits per heavy atom. The molecule has 13 heavy (non-hydrogen) atoms. The van der Waals surface area contributed by atoms with Gasteiger partial charge in [-0.15, -0.1) is 0 Å². The van der Waals surface area contributed by atoms with Gasteiger partial charge in [0.25, 0.3) is 0 Å². The molecule has 0 aromatic rings. The number of hydrogen-bond donors (Lipinski definition) is 2. The second kappa shape index (κ2) is 3.27. The Balaban J connectivity index is 2.13. The van der Waals surface area contributed by atoms with Gasteiger partial charge in [0.2, 0.25) is 0 Å². The van der Waals surface area contributed by atoms with Gasteiger partial charge in [-0.2, -0.15) is 0 Å². The highest BCUT2D eigenvalue weighted by molar-refractivity contribution is 5.73. The van der Waals surface area contributed by atoms with E-state index in [2.05, 4.69) is 5.32 Å². The second-order valence-corrected chi connectivity index (χ2v) is 4.00. The van der Waals surface area contributed by atoms with Gasteiger partial charge in [-0.3, -0.25) is 4.79 Å². The molecule has 4 heteroatoms. The van der Waals surface area contributed by atoms with Crippen molar-refractivity contribution in [2.24, 2.45) is 11.1 Å².